The quantitative estimate of drug-likeness (QED) is 0.824. The zero-order valence-electron chi connectivity index (χ0n) is 15.4. The zero-order chi connectivity index (χ0) is 18.8. The molecule has 4 nitrogen and oxygen atoms in total. The highest BCUT2D eigenvalue weighted by molar-refractivity contribution is 7.91. The highest BCUT2D eigenvalue weighted by Crippen LogP contribution is 2.38. The van der Waals surface area contributed by atoms with Crippen LogP contribution in [-0.2, 0) is 9.84 Å². The number of nitrogens with one attached hydrogen (secondary N) is 1. The molecule has 0 radical (unpaired) electrons. The Labute approximate surface area is 156 Å². The average molecular weight is 374 g/mol. The van der Waals surface area contributed by atoms with E-state index in [0.29, 0.717) is 4.90 Å². The third-order valence-electron chi connectivity index (χ3n) is 5.39. The van der Waals surface area contributed by atoms with Crippen molar-refractivity contribution in [2.24, 2.45) is 0 Å². The number of fused-ring (bicyclic) bond motifs is 1. The number of phenolic OH excluding ortho intramolecular Hbond substituents is 1. The largest absolute Gasteiger partial charge is 0.508 e. The molecule has 0 fully saturated rings. The lowest BCUT2D eigenvalue weighted by molar-refractivity contribution is 0.295. The summed E-state index contributed by atoms with van der Waals surface area (Å²) in [6.45, 7) is 4.18. The third-order valence-corrected chi connectivity index (χ3v) is 7.37. The van der Waals surface area contributed by atoms with Gasteiger partial charge >= 0.3 is 0 Å². The van der Waals surface area contributed by atoms with Crippen molar-refractivity contribution in [3.05, 3.63) is 59.7 Å². The van der Waals surface area contributed by atoms with E-state index < -0.39 is 15.4 Å². The highest BCUT2D eigenvalue weighted by atomic mass is 32.2. The first-order valence-electron chi connectivity index (χ1n) is 9.29. The Bertz CT molecular complexity index is 861. The molecule has 1 heterocycles. The van der Waals surface area contributed by atoms with Gasteiger partial charge in [-0.05, 0) is 42.2 Å². The molecule has 2 atom stereocenters. The van der Waals surface area contributed by atoms with Crippen molar-refractivity contribution in [1.82, 2.24) is 5.32 Å². The number of benzene rings is 2. The van der Waals surface area contributed by atoms with E-state index in [4.69, 9.17) is 0 Å². The van der Waals surface area contributed by atoms with Gasteiger partial charge in [-0.2, -0.15) is 0 Å². The van der Waals surface area contributed by atoms with E-state index in [2.05, 4.69) is 19.2 Å². The summed E-state index contributed by atoms with van der Waals surface area (Å²) < 4.78 is 26.4. The minimum absolute atomic E-state index is 0.113. The van der Waals surface area contributed by atoms with Crippen LogP contribution in [0.5, 0.6) is 5.75 Å². The van der Waals surface area contributed by atoms with Gasteiger partial charge in [0.2, 0.25) is 0 Å². The summed E-state index contributed by atoms with van der Waals surface area (Å²) >= 11 is 0. The van der Waals surface area contributed by atoms with Gasteiger partial charge in [0.05, 0.1) is 16.7 Å². The van der Waals surface area contributed by atoms with Gasteiger partial charge < -0.3 is 5.11 Å². The van der Waals surface area contributed by atoms with Gasteiger partial charge in [-0.15, -0.1) is 0 Å². The average Bonchev–Trinajstić information content (AvgIpc) is 2.74. The smallest absolute Gasteiger partial charge is 0.180 e. The minimum atomic E-state index is -3.39. The molecule has 0 spiro atoms. The summed E-state index contributed by atoms with van der Waals surface area (Å²) in [6.07, 6.45) is 3.58. The molecule has 0 amide bonds. The van der Waals surface area contributed by atoms with Gasteiger partial charge in [0.25, 0.3) is 0 Å². The zero-order valence-corrected chi connectivity index (χ0v) is 16.2. The molecule has 26 heavy (non-hydrogen) atoms. The van der Waals surface area contributed by atoms with E-state index in [9.17, 15) is 13.5 Å². The van der Waals surface area contributed by atoms with Crippen molar-refractivity contribution in [3.63, 3.8) is 0 Å². The van der Waals surface area contributed by atoms with Gasteiger partial charge in [-0.1, -0.05) is 57.0 Å². The first kappa shape index (κ1) is 18.9. The van der Waals surface area contributed by atoms with Crippen LogP contribution in [0.1, 0.15) is 56.7 Å². The van der Waals surface area contributed by atoms with Crippen LogP contribution in [0.2, 0.25) is 0 Å². The molecule has 1 aliphatic rings. The summed E-state index contributed by atoms with van der Waals surface area (Å²) in [5.74, 6) is 0.318. The van der Waals surface area contributed by atoms with Crippen molar-refractivity contribution in [3.8, 4) is 5.75 Å². The molecule has 5 heteroatoms. The Morgan fingerprint density at radius 2 is 1.81 bits per heavy atom. The summed E-state index contributed by atoms with van der Waals surface area (Å²) in [4.78, 5) is 0.414. The Hall–Kier alpha value is -1.85. The van der Waals surface area contributed by atoms with Crippen LogP contribution in [0, 0.1) is 0 Å². The predicted octanol–water partition coefficient (Wildman–Crippen LogP) is 4.20. The third kappa shape index (κ3) is 3.64. The molecule has 0 saturated carbocycles. The van der Waals surface area contributed by atoms with Crippen LogP contribution < -0.4 is 5.32 Å². The molecular weight excluding hydrogens is 346 g/mol. The molecule has 0 aromatic heterocycles. The van der Waals surface area contributed by atoms with Crippen LogP contribution in [0.15, 0.2) is 53.4 Å². The topological polar surface area (TPSA) is 66.4 Å². The fourth-order valence-corrected chi connectivity index (χ4v) is 5.99. The fraction of sp³-hybridized carbons (Fsp3) is 0.429. The second-order valence-corrected chi connectivity index (χ2v) is 9.16. The first-order valence-corrected chi connectivity index (χ1v) is 10.9. The molecule has 2 N–H and O–H groups in total. The van der Waals surface area contributed by atoms with Crippen molar-refractivity contribution >= 4 is 9.84 Å². The van der Waals surface area contributed by atoms with Crippen LogP contribution in [-0.4, -0.2) is 24.8 Å². The molecule has 0 unspecified atom stereocenters. The van der Waals surface area contributed by atoms with Crippen molar-refractivity contribution in [1.29, 1.82) is 0 Å². The fourth-order valence-electron chi connectivity index (χ4n) is 3.84. The maximum atomic E-state index is 13.2. The molecule has 2 aromatic rings. The predicted molar refractivity (Wildman–Crippen MR) is 104 cm³/mol. The standard InChI is InChI=1S/C21H27NO3S/c1-3-5-14-21(4-2)15-26(24,25)19-9-7-6-8-18(19)20(22-21)16-10-12-17(23)13-11-16/h6-13,20,22-23H,3-5,14-15H2,1-2H3/t20-,21-/m0/s1. The summed E-state index contributed by atoms with van der Waals surface area (Å²) in [5.41, 5.74) is 1.28. The number of hydrogen-bond acceptors (Lipinski definition) is 4. The van der Waals surface area contributed by atoms with E-state index in [1.807, 2.05) is 24.3 Å². The lowest BCUT2D eigenvalue weighted by Gasteiger charge is -2.35. The van der Waals surface area contributed by atoms with E-state index in [1.54, 1.807) is 24.3 Å². The second kappa shape index (κ2) is 7.41. The Morgan fingerprint density at radius 3 is 2.46 bits per heavy atom. The maximum absolute atomic E-state index is 13.2. The van der Waals surface area contributed by atoms with Gasteiger partial charge in [0.15, 0.2) is 9.84 Å². The molecule has 140 valence electrons. The number of aromatic hydroxyl groups is 1. The molecule has 2 aromatic carbocycles. The van der Waals surface area contributed by atoms with E-state index >= 15 is 0 Å². The Kier molecular flexibility index (Phi) is 5.39. The number of sulfone groups is 1. The number of rotatable bonds is 5. The van der Waals surface area contributed by atoms with Crippen molar-refractivity contribution in [2.45, 2.75) is 56.0 Å². The normalized spacial score (nSPS) is 24.6. The van der Waals surface area contributed by atoms with Crippen LogP contribution >= 0.6 is 0 Å². The van der Waals surface area contributed by atoms with Gasteiger partial charge in [0.1, 0.15) is 5.75 Å². The second-order valence-electron chi connectivity index (χ2n) is 7.20. The Morgan fingerprint density at radius 1 is 1.12 bits per heavy atom. The van der Waals surface area contributed by atoms with Gasteiger partial charge in [0, 0.05) is 5.54 Å². The lowest BCUT2D eigenvalue weighted by Crippen LogP contribution is -2.50. The maximum Gasteiger partial charge on any atom is 0.180 e. The van der Waals surface area contributed by atoms with Crippen LogP contribution in [0.25, 0.3) is 0 Å². The lowest BCUT2D eigenvalue weighted by atomic mass is 9.88. The molecule has 0 saturated heterocycles. The first-order chi connectivity index (χ1) is 12.4. The number of unbranched alkanes of at least 4 members (excludes halogenated alkanes) is 1. The van der Waals surface area contributed by atoms with E-state index in [-0.39, 0.29) is 17.5 Å². The van der Waals surface area contributed by atoms with Gasteiger partial charge in [-0.3, -0.25) is 5.32 Å². The molecule has 0 aliphatic carbocycles. The van der Waals surface area contributed by atoms with Crippen LogP contribution in [0.4, 0.5) is 0 Å². The summed E-state index contributed by atoms with van der Waals surface area (Å²) in [7, 11) is -3.39. The Balaban J connectivity index is 2.17. The molecule has 0 bridgehead atoms. The van der Waals surface area contributed by atoms with Crippen molar-refractivity contribution in [2.75, 3.05) is 5.75 Å². The monoisotopic (exact) mass is 373 g/mol. The highest BCUT2D eigenvalue weighted by Gasteiger charge is 2.41. The van der Waals surface area contributed by atoms with E-state index in [0.717, 1.165) is 36.8 Å². The SMILES string of the molecule is CCCC[C@@]1(CC)CS(=O)(=O)c2ccccc2[C@H](c2ccc(O)cc2)N1. The van der Waals surface area contributed by atoms with Gasteiger partial charge in [-0.25, -0.2) is 8.42 Å². The summed E-state index contributed by atoms with van der Waals surface area (Å²) in [5, 5.41) is 13.3. The minimum Gasteiger partial charge on any atom is -0.508 e. The van der Waals surface area contributed by atoms with Crippen molar-refractivity contribution < 1.29 is 13.5 Å². The molecule has 3 rings (SSSR count). The van der Waals surface area contributed by atoms with E-state index in [1.165, 1.54) is 0 Å². The molecule has 1 aliphatic heterocycles. The number of hydrogen-bond donors (Lipinski definition) is 2. The molecular formula is C21H27NO3S. The van der Waals surface area contributed by atoms with Crippen LogP contribution in [0.3, 0.4) is 0 Å². The number of phenols is 1. The summed E-state index contributed by atoms with van der Waals surface area (Å²) in [6, 6.07) is 14.1.